The quantitative estimate of drug-likeness (QED) is 0.489. The predicted octanol–water partition coefficient (Wildman–Crippen LogP) is 3.21. The lowest BCUT2D eigenvalue weighted by atomic mass is 10.1. The normalized spacial score (nSPS) is 14.3. The fourth-order valence-electron chi connectivity index (χ4n) is 1.21. The number of rotatable bonds is 0. The Morgan fingerprint density at radius 1 is 0.714 bits per heavy atom. The van der Waals surface area contributed by atoms with Gasteiger partial charge in [-0.3, -0.25) is 0 Å². The molecule has 1 aliphatic carbocycles. The van der Waals surface area contributed by atoms with Gasteiger partial charge in [-0.2, -0.15) is 0 Å². The minimum Gasteiger partial charge on any atom is -0.508 e. The van der Waals surface area contributed by atoms with Crippen molar-refractivity contribution in [3.63, 3.8) is 0 Å². The summed E-state index contributed by atoms with van der Waals surface area (Å²) in [5.74, 6) is 0.339. The molecule has 1 aromatic rings. The average molecular weight is 192 g/mol. The van der Waals surface area contributed by atoms with Crippen LogP contribution >= 0.6 is 0 Å². The summed E-state index contributed by atoms with van der Waals surface area (Å²) in [6, 6.07) is 5.70. The van der Waals surface area contributed by atoms with Crippen LogP contribution in [0.3, 0.4) is 0 Å². The van der Waals surface area contributed by atoms with Crippen molar-refractivity contribution in [3.8, 4) is 11.5 Å². The van der Waals surface area contributed by atoms with E-state index in [1.165, 1.54) is 49.9 Å². The first-order chi connectivity index (χ1) is 6.79. The van der Waals surface area contributed by atoms with Crippen molar-refractivity contribution >= 4 is 0 Å². The van der Waals surface area contributed by atoms with E-state index in [0.717, 1.165) is 0 Å². The molecule has 0 heterocycles. The molecule has 0 bridgehead atoms. The van der Waals surface area contributed by atoms with Crippen LogP contribution in [0.1, 0.15) is 25.7 Å². The zero-order valence-electron chi connectivity index (χ0n) is 8.19. The molecule has 2 rings (SSSR count). The van der Waals surface area contributed by atoms with Gasteiger partial charge in [0.25, 0.3) is 0 Å². The second kappa shape index (κ2) is 6.08. The van der Waals surface area contributed by atoms with Gasteiger partial charge in [0, 0.05) is 0 Å². The highest BCUT2D eigenvalue weighted by molar-refractivity contribution is 5.28. The Morgan fingerprint density at radius 2 is 1.07 bits per heavy atom. The summed E-state index contributed by atoms with van der Waals surface area (Å²) in [5, 5.41) is 17.3. The highest BCUT2D eigenvalue weighted by Crippen LogP contribution is 2.13. The molecule has 0 aromatic heterocycles. The van der Waals surface area contributed by atoms with Gasteiger partial charge in [0.15, 0.2) is 0 Å². The lowest BCUT2D eigenvalue weighted by Gasteiger charge is -1.97. The largest absolute Gasteiger partial charge is 0.508 e. The molecule has 2 nitrogen and oxygen atoms in total. The van der Waals surface area contributed by atoms with Crippen molar-refractivity contribution in [1.29, 1.82) is 0 Å². The SMILES string of the molecule is C1=CCCCC1.Oc1ccc(O)cc1. The molecule has 0 saturated heterocycles. The molecule has 0 fully saturated rings. The molecule has 0 aliphatic heterocycles. The Morgan fingerprint density at radius 3 is 1.29 bits per heavy atom. The summed E-state index contributed by atoms with van der Waals surface area (Å²) in [6.07, 6.45) is 10.0. The van der Waals surface area contributed by atoms with E-state index >= 15 is 0 Å². The lowest BCUT2D eigenvalue weighted by molar-refractivity contribution is 0.460. The van der Waals surface area contributed by atoms with Gasteiger partial charge in [-0.25, -0.2) is 0 Å². The van der Waals surface area contributed by atoms with Gasteiger partial charge in [-0.05, 0) is 49.9 Å². The van der Waals surface area contributed by atoms with Crippen LogP contribution < -0.4 is 0 Å². The predicted molar refractivity (Wildman–Crippen MR) is 57.4 cm³/mol. The first kappa shape index (κ1) is 10.6. The number of aromatic hydroxyl groups is 2. The van der Waals surface area contributed by atoms with Gasteiger partial charge < -0.3 is 10.2 Å². The van der Waals surface area contributed by atoms with Crippen LogP contribution in [0, 0.1) is 0 Å². The van der Waals surface area contributed by atoms with Crippen molar-refractivity contribution in [2.24, 2.45) is 0 Å². The average Bonchev–Trinajstić information content (AvgIpc) is 2.26. The molecule has 2 N–H and O–H groups in total. The topological polar surface area (TPSA) is 40.5 Å². The molecule has 0 unspecified atom stereocenters. The molecule has 0 atom stereocenters. The van der Waals surface area contributed by atoms with Gasteiger partial charge in [-0.15, -0.1) is 0 Å². The minimum atomic E-state index is 0.169. The number of phenols is 2. The summed E-state index contributed by atoms with van der Waals surface area (Å²) in [6.45, 7) is 0. The number of hydrogen-bond acceptors (Lipinski definition) is 2. The van der Waals surface area contributed by atoms with Crippen LogP contribution in [-0.2, 0) is 0 Å². The van der Waals surface area contributed by atoms with Crippen molar-refractivity contribution in [3.05, 3.63) is 36.4 Å². The van der Waals surface area contributed by atoms with E-state index in [9.17, 15) is 0 Å². The summed E-state index contributed by atoms with van der Waals surface area (Å²) < 4.78 is 0. The number of phenolic OH excluding ortho intramolecular Hbond substituents is 2. The van der Waals surface area contributed by atoms with Crippen molar-refractivity contribution in [1.82, 2.24) is 0 Å². The Kier molecular flexibility index (Phi) is 4.62. The van der Waals surface area contributed by atoms with E-state index in [2.05, 4.69) is 12.2 Å². The van der Waals surface area contributed by atoms with Gasteiger partial charge in [0.2, 0.25) is 0 Å². The van der Waals surface area contributed by atoms with Gasteiger partial charge in [0.05, 0.1) is 0 Å². The monoisotopic (exact) mass is 192 g/mol. The van der Waals surface area contributed by atoms with Crippen LogP contribution in [0.2, 0.25) is 0 Å². The standard InChI is InChI=1S/C6H6O2.C6H10/c7-5-1-2-6(8)4-3-5;1-2-4-6-5-3-1/h1-4,7-8H;1-2H,3-6H2. The van der Waals surface area contributed by atoms with Crippen LogP contribution in [-0.4, -0.2) is 10.2 Å². The summed E-state index contributed by atoms with van der Waals surface area (Å²) >= 11 is 0. The molecule has 0 saturated carbocycles. The Labute approximate surface area is 84.5 Å². The highest BCUT2D eigenvalue weighted by Gasteiger charge is 1.87. The zero-order valence-corrected chi connectivity index (χ0v) is 8.19. The smallest absolute Gasteiger partial charge is 0.115 e. The van der Waals surface area contributed by atoms with Crippen LogP contribution in [0.4, 0.5) is 0 Å². The van der Waals surface area contributed by atoms with Crippen molar-refractivity contribution in [2.45, 2.75) is 25.7 Å². The Hall–Kier alpha value is -1.44. The maximum Gasteiger partial charge on any atom is 0.115 e. The second-order valence-corrected chi connectivity index (χ2v) is 3.27. The molecule has 0 radical (unpaired) electrons. The molecular formula is C12H16O2. The zero-order chi connectivity index (χ0) is 10.2. The van der Waals surface area contributed by atoms with E-state index in [1.807, 2.05) is 0 Å². The number of hydrogen-bond donors (Lipinski definition) is 2. The molecular weight excluding hydrogens is 176 g/mol. The summed E-state index contributed by atoms with van der Waals surface area (Å²) in [5.41, 5.74) is 0. The molecule has 0 amide bonds. The number of benzene rings is 1. The number of allylic oxidation sites excluding steroid dienone is 2. The maximum absolute atomic E-state index is 8.65. The lowest BCUT2D eigenvalue weighted by Crippen LogP contribution is -1.77. The van der Waals surface area contributed by atoms with Crippen LogP contribution in [0.15, 0.2) is 36.4 Å². The summed E-state index contributed by atoms with van der Waals surface area (Å²) in [7, 11) is 0. The third-order valence-corrected chi connectivity index (χ3v) is 2.01. The Balaban J connectivity index is 0.000000146. The van der Waals surface area contributed by atoms with Crippen LogP contribution in [0.5, 0.6) is 11.5 Å². The van der Waals surface area contributed by atoms with Gasteiger partial charge in [0.1, 0.15) is 11.5 Å². The fourth-order valence-corrected chi connectivity index (χ4v) is 1.21. The minimum absolute atomic E-state index is 0.169. The third-order valence-electron chi connectivity index (χ3n) is 2.01. The summed E-state index contributed by atoms with van der Waals surface area (Å²) in [4.78, 5) is 0. The van der Waals surface area contributed by atoms with Crippen molar-refractivity contribution in [2.75, 3.05) is 0 Å². The Bertz CT molecular complexity index is 246. The first-order valence-electron chi connectivity index (χ1n) is 4.92. The highest BCUT2D eigenvalue weighted by atomic mass is 16.3. The fraction of sp³-hybridized carbons (Fsp3) is 0.333. The molecule has 14 heavy (non-hydrogen) atoms. The van der Waals surface area contributed by atoms with E-state index in [4.69, 9.17) is 10.2 Å². The van der Waals surface area contributed by atoms with E-state index in [-0.39, 0.29) is 11.5 Å². The molecule has 0 spiro atoms. The first-order valence-corrected chi connectivity index (χ1v) is 4.92. The van der Waals surface area contributed by atoms with E-state index in [1.54, 1.807) is 0 Å². The van der Waals surface area contributed by atoms with E-state index in [0.29, 0.717) is 0 Å². The van der Waals surface area contributed by atoms with Gasteiger partial charge in [-0.1, -0.05) is 12.2 Å². The van der Waals surface area contributed by atoms with Crippen LogP contribution in [0.25, 0.3) is 0 Å². The second-order valence-electron chi connectivity index (χ2n) is 3.27. The molecule has 1 aliphatic rings. The molecule has 2 heteroatoms. The van der Waals surface area contributed by atoms with Gasteiger partial charge >= 0.3 is 0 Å². The third kappa shape index (κ3) is 4.55. The van der Waals surface area contributed by atoms with Crippen molar-refractivity contribution < 1.29 is 10.2 Å². The maximum atomic E-state index is 8.65. The van der Waals surface area contributed by atoms with E-state index < -0.39 is 0 Å². The molecule has 1 aromatic carbocycles. The molecule has 76 valence electrons.